The van der Waals surface area contributed by atoms with Gasteiger partial charge in [0.15, 0.2) is 0 Å². The van der Waals surface area contributed by atoms with E-state index in [-0.39, 0.29) is 10.8 Å². The van der Waals surface area contributed by atoms with Crippen LogP contribution in [0.2, 0.25) is 0 Å². The summed E-state index contributed by atoms with van der Waals surface area (Å²) in [5, 5.41) is 0.383. The van der Waals surface area contributed by atoms with Crippen molar-refractivity contribution in [3.05, 3.63) is 111 Å². The topological polar surface area (TPSA) is 0 Å². The molecule has 3 aromatic rings. The van der Waals surface area contributed by atoms with E-state index in [0.717, 1.165) is 0 Å². The van der Waals surface area contributed by atoms with Crippen LogP contribution in [0.4, 0.5) is 0 Å². The maximum absolute atomic E-state index is 2.58. The van der Waals surface area contributed by atoms with E-state index in [2.05, 4.69) is 141 Å². The first-order valence-electron chi connectivity index (χ1n) is 13.7. The summed E-state index contributed by atoms with van der Waals surface area (Å²) < 4.78 is 0. The molecule has 0 aliphatic heterocycles. The molecule has 0 fully saturated rings. The molecule has 2 unspecified atom stereocenters. The number of allylic oxidation sites excluding steroid dienone is 2. The smallest absolute Gasteiger partial charge is 0.0434 e. The van der Waals surface area contributed by atoms with Crippen LogP contribution >= 0.6 is 10.0 Å². The first-order valence-corrected chi connectivity index (χ1v) is 16.2. The van der Waals surface area contributed by atoms with Crippen LogP contribution in [0, 0.1) is 0 Å². The first-order chi connectivity index (χ1) is 17.2. The lowest BCUT2D eigenvalue weighted by Crippen LogP contribution is -2.18. The Morgan fingerprint density at radius 2 is 1.24 bits per heavy atom. The Balaban J connectivity index is 1.72. The summed E-state index contributed by atoms with van der Waals surface area (Å²) in [6.45, 7) is 18.9. The van der Waals surface area contributed by atoms with E-state index < -0.39 is 10.0 Å². The molecular formula is C36H44S. The summed E-state index contributed by atoms with van der Waals surface area (Å²) in [5.74, 6) is 0.459. The van der Waals surface area contributed by atoms with Crippen molar-refractivity contribution in [3.63, 3.8) is 0 Å². The van der Waals surface area contributed by atoms with Crippen molar-refractivity contribution in [3.8, 4) is 0 Å². The van der Waals surface area contributed by atoms with Gasteiger partial charge in [-0.3, -0.25) is 0 Å². The second-order valence-corrected chi connectivity index (χ2v) is 17.3. The van der Waals surface area contributed by atoms with Crippen molar-refractivity contribution >= 4 is 27.3 Å². The van der Waals surface area contributed by atoms with Gasteiger partial charge >= 0.3 is 0 Å². The standard InChI is InChI=1S/C36H44S/c1-23-29-16-13-14-17-30(29)24(2)33(23)37(9,10)34-31-18-12-11-15-25(31)21-32(34)26-19-27(35(3,4)5)22-28(20-26)36(6,7)8/h11-23,34H,1-10H3. The Hall–Kier alpha value is -2.51. The quantitative estimate of drug-likeness (QED) is 0.330. The van der Waals surface area contributed by atoms with Gasteiger partial charge in [0.05, 0.1) is 0 Å². The highest BCUT2D eigenvalue weighted by atomic mass is 32.3. The number of hydrogen-bond acceptors (Lipinski definition) is 0. The summed E-state index contributed by atoms with van der Waals surface area (Å²) in [6.07, 6.45) is 7.66. The van der Waals surface area contributed by atoms with E-state index in [1.165, 1.54) is 50.1 Å². The largest absolute Gasteiger partial charge is 0.212 e. The maximum Gasteiger partial charge on any atom is 0.0434 e. The van der Waals surface area contributed by atoms with Crippen molar-refractivity contribution in [2.75, 3.05) is 12.5 Å². The van der Waals surface area contributed by atoms with Gasteiger partial charge in [-0.25, -0.2) is 10.0 Å². The molecule has 194 valence electrons. The van der Waals surface area contributed by atoms with Crippen LogP contribution in [0.15, 0.2) is 71.6 Å². The lowest BCUT2D eigenvalue weighted by molar-refractivity contribution is 0.568. The number of rotatable bonds is 3. The molecule has 2 aliphatic rings. The van der Waals surface area contributed by atoms with E-state index in [9.17, 15) is 0 Å². The minimum absolute atomic E-state index is 0.0978. The van der Waals surface area contributed by atoms with Gasteiger partial charge in [0, 0.05) is 11.2 Å². The Kier molecular flexibility index (Phi) is 6.19. The molecule has 5 rings (SSSR count). The maximum atomic E-state index is 2.58. The van der Waals surface area contributed by atoms with Crippen LogP contribution in [-0.2, 0) is 10.8 Å². The highest BCUT2D eigenvalue weighted by Crippen LogP contribution is 2.72. The predicted octanol–water partition coefficient (Wildman–Crippen LogP) is 10.5. The van der Waals surface area contributed by atoms with Crippen molar-refractivity contribution < 1.29 is 0 Å². The zero-order chi connectivity index (χ0) is 26.9. The van der Waals surface area contributed by atoms with Gasteiger partial charge < -0.3 is 0 Å². The summed E-state index contributed by atoms with van der Waals surface area (Å²) >= 11 is 0. The van der Waals surface area contributed by atoms with Crippen LogP contribution in [0.5, 0.6) is 0 Å². The van der Waals surface area contributed by atoms with Crippen LogP contribution < -0.4 is 0 Å². The molecule has 0 nitrogen and oxygen atoms in total. The van der Waals surface area contributed by atoms with Gasteiger partial charge in [-0.15, -0.1) is 0 Å². The van der Waals surface area contributed by atoms with Crippen LogP contribution in [-0.4, -0.2) is 12.5 Å². The van der Waals surface area contributed by atoms with Gasteiger partial charge in [-0.05, 0) is 91.3 Å². The third-order valence-corrected chi connectivity index (χ3v) is 12.1. The first kappa shape index (κ1) is 26.1. The molecule has 0 spiro atoms. The molecule has 2 aliphatic carbocycles. The van der Waals surface area contributed by atoms with Gasteiger partial charge in [0.1, 0.15) is 0 Å². The minimum atomic E-state index is -1.20. The Labute approximate surface area is 227 Å². The lowest BCUT2D eigenvalue weighted by atomic mass is 9.78. The Morgan fingerprint density at radius 1 is 0.703 bits per heavy atom. The summed E-state index contributed by atoms with van der Waals surface area (Å²) in [6, 6.07) is 25.6. The molecule has 0 N–H and O–H groups in total. The highest BCUT2D eigenvalue weighted by molar-refractivity contribution is 8.36. The molecule has 1 heteroatoms. The Morgan fingerprint density at radius 3 is 1.81 bits per heavy atom. The fourth-order valence-electron chi connectivity index (χ4n) is 6.61. The predicted molar refractivity (Wildman–Crippen MR) is 168 cm³/mol. The fourth-order valence-corrected chi connectivity index (χ4v) is 10.5. The van der Waals surface area contributed by atoms with E-state index in [4.69, 9.17) is 0 Å². The second-order valence-electron chi connectivity index (χ2n) is 13.6. The van der Waals surface area contributed by atoms with E-state index in [1.54, 1.807) is 4.91 Å². The second kappa shape index (κ2) is 8.77. The van der Waals surface area contributed by atoms with E-state index in [0.29, 0.717) is 11.2 Å². The van der Waals surface area contributed by atoms with Crippen LogP contribution in [0.25, 0.3) is 17.2 Å². The zero-order valence-electron chi connectivity index (χ0n) is 24.5. The molecule has 3 aromatic carbocycles. The highest BCUT2D eigenvalue weighted by Gasteiger charge is 2.42. The van der Waals surface area contributed by atoms with Gasteiger partial charge in [0.2, 0.25) is 0 Å². The fraction of sp³-hybridized carbons (Fsp3) is 0.389. The summed E-state index contributed by atoms with van der Waals surface area (Å²) in [5.41, 5.74) is 13.3. The van der Waals surface area contributed by atoms with Gasteiger partial charge in [-0.2, -0.15) is 0 Å². The van der Waals surface area contributed by atoms with Gasteiger partial charge in [-0.1, -0.05) is 115 Å². The minimum Gasteiger partial charge on any atom is -0.212 e. The summed E-state index contributed by atoms with van der Waals surface area (Å²) in [7, 11) is -1.20. The molecule has 37 heavy (non-hydrogen) atoms. The average Bonchev–Trinajstić information content (AvgIpc) is 3.34. The van der Waals surface area contributed by atoms with Crippen LogP contribution in [0.3, 0.4) is 0 Å². The molecule has 0 saturated heterocycles. The molecular weight excluding hydrogens is 464 g/mol. The molecule has 0 heterocycles. The third kappa shape index (κ3) is 4.34. The SMILES string of the molecule is CC1=C(S(C)(C)C2C(c3cc(C(C)(C)C)cc(C(C)(C)C)c3)=Cc3ccccc32)C(C)c2ccccc21. The van der Waals surface area contributed by atoms with Gasteiger partial charge in [0.25, 0.3) is 0 Å². The lowest BCUT2D eigenvalue weighted by Gasteiger charge is -2.44. The molecule has 0 saturated carbocycles. The summed E-state index contributed by atoms with van der Waals surface area (Å²) in [4.78, 5) is 1.67. The number of hydrogen-bond donors (Lipinski definition) is 0. The third-order valence-electron chi connectivity index (χ3n) is 8.62. The average molecular weight is 509 g/mol. The molecule has 0 aromatic heterocycles. The Bertz CT molecular complexity index is 1400. The van der Waals surface area contributed by atoms with Crippen molar-refractivity contribution in [1.82, 2.24) is 0 Å². The van der Waals surface area contributed by atoms with E-state index >= 15 is 0 Å². The molecule has 0 radical (unpaired) electrons. The van der Waals surface area contributed by atoms with Crippen molar-refractivity contribution in [2.45, 2.75) is 77.4 Å². The van der Waals surface area contributed by atoms with Crippen molar-refractivity contribution in [2.24, 2.45) is 0 Å². The van der Waals surface area contributed by atoms with Crippen LogP contribution in [0.1, 0.15) is 106 Å². The molecule has 0 bridgehead atoms. The van der Waals surface area contributed by atoms with E-state index in [1.807, 2.05) is 0 Å². The molecule has 2 atom stereocenters. The monoisotopic (exact) mass is 508 g/mol. The zero-order valence-corrected chi connectivity index (χ0v) is 25.3. The van der Waals surface area contributed by atoms with Crippen molar-refractivity contribution in [1.29, 1.82) is 0 Å². The number of fused-ring (bicyclic) bond motifs is 2. The number of benzene rings is 3. The molecule has 0 amide bonds. The normalized spacial score (nSPS) is 20.1.